The van der Waals surface area contributed by atoms with Crippen molar-refractivity contribution in [3.05, 3.63) is 0 Å². The van der Waals surface area contributed by atoms with Gasteiger partial charge >= 0.3 is 0 Å². The van der Waals surface area contributed by atoms with Gasteiger partial charge in [0.05, 0.1) is 5.71 Å². The van der Waals surface area contributed by atoms with Gasteiger partial charge in [0, 0.05) is 11.5 Å². The van der Waals surface area contributed by atoms with Crippen LogP contribution in [0.4, 0.5) is 0 Å². The van der Waals surface area contributed by atoms with E-state index >= 15 is 0 Å². The van der Waals surface area contributed by atoms with E-state index in [0.717, 1.165) is 17.2 Å². The summed E-state index contributed by atoms with van der Waals surface area (Å²) in [4.78, 5) is 0. The van der Waals surface area contributed by atoms with Gasteiger partial charge < -0.3 is 5.21 Å². The summed E-state index contributed by atoms with van der Waals surface area (Å²) in [7, 11) is 0. The largest absolute Gasteiger partial charge is 0.411 e. The van der Waals surface area contributed by atoms with Crippen LogP contribution in [0.1, 0.15) is 6.92 Å². The molecular weight excluding hydrogens is 154 g/mol. The van der Waals surface area contributed by atoms with E-state index in [1.165, 1.54) is 0 Å². The molecule has 0 saturated heterocycles. The molecule has 0 saturated carbocycles. The number of nitrogens with zero attached hydrogens (tertiary/aromatic N) is 1. The van der Waals surface area contributed by atoms with Crippen LogP contribution in [0, 0.1) is 0 Å². The Morgan fingerprint density at radius 1 is 1.78 bits per heavy atom. The molecule has 4 heteroatoms. The topological polar surface area (TPSA) is 32.6 Å². The van der Waals surface area contributed by atoms with Crippen LogP contribution in [0.25, 0.3) is 0 Å². The van der Waals surface area contributed by atoms with Gasteiger partial charge in [-0.1, -0.05) is 12.1 Å². The van der Waals surface area contributed by atoms with E-state index in [2.05, 4.69) is 24.7 Å². The van der Waals surface area contributed by atoms with Crippen molar-refractivity contribution in [3.8, 4) is 0 Å². The monoisotopic (exact) mass is 165 g/mol. The quantitative estimate of drug-likeness (QED) is 0.286. The molecule has 0 heterocycles. The summed E-state index contributed by atoms with van der Waals surface area (Å²) < 4.78 is 0. The van der Waals surface area contributed by atoms with Crippen molar-refractivity contribution < 1.29 is 5.21 Å². The minimum atomic E-state index is 0.545. The van der Waals surface area contributed by atoms with Gasteiger partial charge in [-0.3, -0.25) is 0 Å². The van der Waals surface area contributed by atoms with E-state index in [1.807, 2.05) is 0 Å². The zero-order valence-electron chi connectivity index (χ0n) is 5.37. The van der Waals surface area contributed by atoms with E-state index in [0.29, 0.717) is 5.75 Å². The number of oxime groups is 1. The summed E-state index contributed by atoms with van der Waals surface area (Å²) >= 11 is 5.69. The molecule has 0 aromatic rings. The molecule has 0 bridgehead atoms. The van der Waals surface area contributed by atoms with Crippen LogP contribution in [0.15, 0.2) is 5.16 Å². The van der Waals surface area contributed by atoms with Gasteiger partial charge in [-0.15, -0.1) is 0 Å². The summed E-state index contributed by atoms with van der Waals surface area (Å²) in [5, 5.41) is 11.3. The molecule has 0 spiro atoms. The summed E-state index contributed by atoms with van der Waals surface area (Å²) in [5.74, 6) is 2.38. The van der Waals surface area contributed by atoms with Gasteiger partial charge in [0.1, 0.15) is 0 Å². The predicted molar refractivity (Wildman–Crippen MR) is 46.1 cm³/mol. The molecule has 0 aliphatic rings. The second-order valence-corrected chi connectivity index (χ2v) is 3.05. The van der Waals surface area contributed by atoms with Crippen LogP contribution in [-0.2, 0) is 0 Å². The van der Waals surface area contributed by atoms with E-state index in [-0.39, 0.29) is 0 Å². The number of hydrogen-bond acceptors (Lipinski definition) is 4. The molecule has 0 aliphatic heterocycles. The first-order valence-electron chi connectivity index (χ1n) is 2.73. The van der Waals surface area contributed by atoms with Gasteiger partial charge in [-0.2, -0.15) is 24.4 Å². The lowest BCUT2D eigenvalue weighted by molar-refractivity contribution is 0.318. The average molecular weight is 165 g/mol. The van der Waals surface area contributed by atoms with E-state index in [9.17, 15) is 0 Å². The third kappa shape index (κ3) is 4.66. The van der Waals surface area contributed by atoms with Crippen LogP contribution < -0.4 is 0 Å². The number of hydrogen-bond donors (Lipinski definition) is 2. The van der Waals surface area contributed by atoms with Crippen molar-refractivity contribution in [3.63, 3.8) is 0 Å². The van der Waals surface area contributed by atoms with Crippen molar-refractivity contribution in [2.45, 2.75) is 6.92 Å². The minimum absolute atomic E-state index is 0.545. The smallest absolute Gasteiger partial charge is 0.0765 e. The summed E-state index contributed by atoms with van der Waals surface area (Å²) in [6, 6.07) is 0. The molecule has 0 aromatic heterocycles. The molecule has 0 atom stereocenters. The van der Waals surface area contributed by atoms with Crippen LogP contribution in [-0.4, -0.2) is 28.2 Å². The molecule has 0 aliphatic carbocycles. The Balaban J connectivity index is 3.33. The maximum atomic E-state index is 8.28. The molecule has 0 amide bonds. The van der Waals surface area contributed by atoms with E-state index in [1.54, 1.807) is 11.8 Å². The molecule has 54 valence electrons. The first-order chi connectivity index (χ1) is 4.35. The van der Waals surface area contributed by atoms with Crippen molar-refractivity contribution in [2.24, 2.45) is 5.16 Å². The zero-order chi connectivity index (χ0) is 7.11. The Morgan fingerprint density at radius 3 is 2.78 bits per heavy atom. The van der Waals surface area contributed by atoms with E-state index in [4.69, 9.17) is 5.21 Å². The highest BCUT2D eigenvalue weighted by Gasteiger charge is 1.94. The third-order valence-corrected chi connectivity index (χ3v) is 2.11. The highest BCUT2D eigenvalue weighted by atomic mass is 32.2. The van der Waals surface area contributed by atoms with Crippen LogP contribution in [0.3, 0.4) is 0 Å². The minimum Gasteiger partial charge on any atom is -0.411 e. The number of thioether (sulfide) groups is 1. The molecule has 0 radical (unpaired) electrons. The fourth-order valence-electron chi connectivity index (χ4n) is 0.326. The predicted octanol–water partition coefficient (Wildman–Crippen LogP) is 1.50. The molecule has 2 nitrogen and oxygen atoms in total. The maximum absolute atomic E-state index is 8.28. The Hall–Kier alpha value is 0.170. The van der Waals surface area contributed by atoms with Crippen molar-refractivity contribution in [1.82, 2.24) is 0 Å². The summed E-state index contributed by atoms with van der Waals surface area (Å²) in [6.07, 6.45) is 0. The maximum Gasteiger partial charge on any atom is 0.0765 e. The lowest BCUT2D eigenvalue weighted by atomic mass is 10.5. The normalized spacial score (nSPS) is 12.0. The molecule has 0 rings (SSSR count). The fourth-order valence-corrected chi connectivity index (χ4v) is 1.25. The first kappa shape index (κ1) is 9.17. The molecule has 1 N–H and O–H groups in total. The molecule has 0 unspecified atom stereocenters. The Bertz CT molecular complexity index is 95.0. The van der Waals surface area contributed by atoms with Gasteiger partial charge in [-0.05, 0) is 5.75 Å². The fraction of sp³-hybridized carbons (Fsp3) is 0.800. The van der Waals surface area contributed by atoms with Crippen molar-refractivity contribution in [2.75, 3.05) is 17.3 Å². The van der Waals surface area contributed by atoms with Gasteiger partial charge in [-0.25, -0.2) is 0 Å². The summed E-state index contributed by atoms with van der Waals surface area (Å²) in [5.41, 5.74) is 0.741. The highest BCUT2D eigenvalue weighted by molar-refractivity contribution is 8.00. The second kappa shape index (κ2) is 6.29. The molecule has 0 aromatic carbocycles. The zero-order valence-corrected chi connectivity index (χ0v) is 7.08. The molecule has 9 heavy (non-hydrogen) atoms. The molecular formula is C5H11NOS2. The highest BCUT2D eigenvalue weighted by Crippen LogP contribution is 1.99. The average Bonchev–Trinajstić information content (AvgIpc) is 1.91. The lowest BCUT2D eigenvalue weighted by Gasteiger charge is -1.96. The number of rotatable bonds is 4. The lowest BCUT2D eigenvalue weighted by Crippen LogP contribution is -2.03. The van der Waals surface area contributed by atoms with Crippen molar-refractivity contribution in [1.29, 1.82) is 0 Å². The SMILES string of the molecule is CCSC/C(CS)=N\O. The Kier molecular flexibility index (Phi) is 6.41. The first-order valence-corrected chi connectivity index (χ1v) is 4.52. The standard InChI is InChI=1S/C5H11NOS2/c1-2-9-4-5(3-8)6-7/h7-8H,2-4H2,1H3/b6-5-. The Labute approximate surface area is 65.1 Å². The Morgan fingerprint density at radius 2 is 2.44 bits per heavy atom. The van der Waals surface area contributed by atoms with E-state index < -0.39 is 0 Å². The van der Waals surface area contributed by atoms with Crippen LogP contribution in [0.2, 0.25) is 0 Å². The van der Waals surface area contributed by atoms with Gasteiger partial charge in [0.25, 0.3) is 0 Å². The second-order valence-electron chi connectivity index (χ2n) is 1.46. The number of thiol groups is 1. The van der Waals surface area contributed by atoms with Gasteiger partial charge in [0.2, 0.25) is 0 Å². The van der Waals surface area contributed by atoms with Crippen LogP contribution in [0.5, 0.6) is 0 Å². The molecule has 0 fully saturated rings. The van der Waals surface area contributed by atoms with Crippen LogP contribution >= 0.6 is 24.4 Å². The third-order valence-electron chi connectivity index (χ3n) is 0.797. The summed E-state index contributed by atoms with van der Waals surface area (Å²) in [6.45, 7) is 2.07. The van der Waals surface area contributed by atoms with Gasteiger partial charge in [0.15, 0.2) is 0 Å². The van der Waals surface area contributed by atoms with Crippen molar-refractivity contribution >= 4 is 30.1 Å².